The van der Waals surface area contributed by atoms with E-state index in [4.69, 9.17) is 14.2 Å². The fourth-order valence-electron chi connectivity index (χ4n) is 3.09. The van der Waals surface area contributed by atoms with Crippen LogP contribution in [0.1, 0.15) is 17.9 Å². The second-order valence-corrected chi connectivity index (χ2v) is 5.55. The highest BCUT2D eigenvalue weighted by molar-refractivity contribution is 5.75. The summed E-state index contributed by atoms with van der Waals surface area (Å²) in [6.07, 6.45) is -3.82. The second kappa shape index (κ2) is 7.16. The van der Waals surface area contributed by atoms with Crippen molar-refractivity contribution >= 4 is 5.97 Å². The first-order valence-electron chi connectivity index (χ1n) is 7.28. The van der Waals surface area contributed by atoms with E-state index in [0.29, 0.717) is 17.1 Å². The molecule has 0 saturated heterocycles. The Hall–Kier alpha value is -1.83. The minimum Gasteiger partial charge on any atom is -0.493 e. The molecular weight excluding hydrogens is 304 g/mol. The molecule has 0 aliphatic heterocycles. The van der Waals surface area contributed by atoms with Crippen molar-refractivity contribution in [3.63, 3.8) is 0 Å². The van der Waals surface area contributed by atoms with Crippen molar-refractivity contribution in [3.8, 4) is 11.5 Å². The second-order valence-electron chi connectivity index (χ2n) is 5.55. The van der Waals surface area contributed by atoms with Crippen LogP contribution in [0.15, 0.2) is 18.2 Å². The third-order valence-corrected chi connectivity index (χ3v) is 4.35. The number of hydrogen-bond acceptors (Lipinski definition) is 7. The number of aliphatic hydroxyl groups excluding tert-OH is 3. The van der Waals surface area contributed by atoms with Gasteiger partial charge in [0, 0.05) is 5.92 Å². The summed E-state index contributed by atoms with van der Waals surface area (Å²) in [7, 11) is 4.23. The zero-order valence-corrected chi connectivity index (χ0v) is 13.3. The van der Waals surface area contributed by atoms with Crippen molar-refractivity contribution in [2.75, 3.05) is 21.3 Å². The smallest absolute Gasteiger partial charge is 0.312 e. The monoisotopic (exact) mass is 326 g/mol. The third-order valence-electron chi connectivity index (χ3n) is 4.35. The predicted octanol–water partition coefficient (Wildman–Crippen LogP) is 0.0630. The highest BCUT2D eigenvalue weighted by Gasteiger charge is 2.47. The number of carbonyl (C=O) groups is 1. The highest BCUT2D eigenvalue weighted by atomic mass is 16.5. The maximum absolute atomic E-state index is 12.1. The fourth-order valence-corrected chi connectivity index (χ4v) is 3.09. The van der Waals surface area contributed by atoms with Gasteiger partial charge in [0.2, 0.25) is 0 Å². The summed E-state index contributed by atoms with van der Waals surface area (Å²) in [6, 6.07) is 5.11. The number of benzene rings is 1. The Balaban J connectivity index is 2.43. The Bertz CT molecular complexity index is 559. The zero-order valence-electron chi connectivity index (χ0n) is 13.3. The molecule has 0 heterocycles. The Morgan fingerprint density at radius 3 is 2.26 bits per heavy atom. The van der Waals surface area contributed by atoms with Gasteiger partial charge in [-0.05, 0) is 24.1 Å². The van der Waals surface area contributed by atoms with Crippen LogP contribution in [0.2, 0.25) is 0 Å². The predicted molar refractivity (Wildman–Crippen MR) is 80.4 cm³/mol. The first kappa shape index (κ1) is 17.5. The molecule has 0 bridgehead atoms. The summed E-state index contributed by atoms with van der Waals surface area (Å²) in [6.45, 7) is 0. The van der Waals surface area contributed by atoms with E-state index in [9.17, 15) is 20.1 Å². The topological polar surface area (TPSA) is 105 Å². The van der Waals surface area contributed by atoms with Gasteiger partial charge in [-0.1, -0.05) is 6.07 Å². The standard InChI is InChI=1S/C16H22O7/c1-21-11-5-4-8(6-12(11)22-2)9-7-10(17)14(18)15(19)13(9)16(20)23-3/h4-6,9-10,13-15,17-19H,7H2,1-3H3/t9-,10+,13-,14-,15+/m1/s1. The van der Waals surface area contributed by atoms with Crippen molar-refractivity contribution < 1.29 is 34.3 Å². The fraction of sp³-hybridized carbons (Fsp3) is 0.562. The van der Waals surface area contributed by atoms with Crippen molar-refractivity contribution in [3.05, 3.63) is 23.8 Å². The lowest BCUT2D eigenvalue weighted by Gasteiger charge is -2.39. The molecule has 7 nitrogen and oxygen atoms in total. The Morgan fingerprint density at radius 2 is 1.70 bits per heavy atom. The molecule has 23 heavy (non-hydrogen) atoms. The third kappa shape index (κ3) is 3.26. The summed E-state index contributed by atoms with van der Waals surface area (Å²) in [5, 5.41) is 30.0. The van der Waals surface area contributed by atoms with Crippen LogP contribution in [0.5, 0.6) is 11.5 Å². The molecular formula is C16H22O7. The molecule has 1 aliphatic carbocycles. The molecule has 1 aromatic rings. The molecule has 5 atom stereocenters. The normalized spacial score (nSPS) is 30.6. The molecule has 0 unspecified atom stereocenters. The number of rotatable bonds is 4. The van der Waals surface area contributed by atoms with Crippen LogP contribution in [-0.2, 0) is 9.53 Å². The van der Waals surface area contributed by atoms with Crippen LogP contribution in [0.4, 0.5) is 0 Å². The van der Waals surface area contributed by atoms with Crippen molar-refractivity contribution in [1.82, 2.24) is 0 Å². The molecule has 128 valence electrons. The van der Waals surface area contributed by atoms with E-state index in [0.717, 1.165) is 0 Å². The molecule has 0 aromatic heterocycles. The molecule has 1 aliphatic rings. The van der Waals surface area contributed by atoms with Crippen LogP contribution >= 0.6 is 0 Å². The molecule has 1 aromatic carbocycles. The Kier molecular flexibility index (Phi) is 5.46. The molecule has 2 rings (SSSR count). The summed E-state index contributed by atoms with van der Waals surface area (Å²) in [5.74, 6) is -1.12. The van der Waals surface area contributed by atoms with Gasteiger partial charge in [-0.2, -0.15) is 0 Å². The van der Waals surface area contributed by atoms with Crippen LogP contribution in [-0.4, -0.2) is 60.9 Å². The SMILES string of the molecule is COC(=O)[C@H]1[C@H](O)[C@H](O)[C@@H](O)C[C@@H]1c1ccc(OC)c(OC)c1. The van der Waals surface area contributed by atoms with Gasteiger partial charge in [0.05, 0.1) is 39.5 Å². The number of ether oxygens (including phenoxy) is 3. The summed E-state index contributed by atoms with van der Waals surface area (Å²) in [5.41, 5.74) is 0.683. The van der Waals surface area contributed by atoms with Crippen LogP contribution in [0.25, 0.3) is 0 Å². The van der Waals surface area contributed by atoms with Gasteiger partial charge in [0.15, 0.2) is 11.5 Å². The summed E-state index contributed by atoms with van der Waals surface area (Å²) >= 11 is 0. The number of hydrogen-bond donors (Lipinski definition) is 3. The van der Waals surface area contributed by atoms with E-state index in [1.54, 1.807) is 18.2 Å². The summed E-state index contributed by atoms with van der Waals surface area (Å²) < 4.78 is 15.2. The Labute approximate surface area is 134 Å². The minimum atomic E-state index is -1.41. The van der Waals surface area contributed by atoms with Gasteiger partial charge >= 0.3 is 5.97 Å². The molecule has 0 spiro atoms. The van der Waals surface area contributed by atoms with E-state index in [1.807, 2.05) is 0 Å². The lowest BCUT2D eigenvalue weighted by atomic mass is 9.71. The molecule has 1 saturated carbocycles. The minimum absolute atomic E-state index is 0.119. The molecule has 7 heteroatoms. The maximum Gasteiger partial charge on any atom is 0.312 e. The van der Waals surface area contributed by atoms with Gasteiger partial charge in [0.1, 0.15) is 6.10 Å². The van der Waals surface area contributed by atoms with Gasteiger partial charge in [-0.25, -0.2) is 0 Å². The van der Waals surface area contributed by atoms with Gasteiger partial charge in [0.25, 0.3) is 0 Å². The van der Waals surface area contributed by atoms with E-state index < -0.39 is 36.1 Å². The number of esters is 1. The van der Waals surface area contributed by atoms with E-state index >= 15 is 0 Å². The summed E-state index contributed by atoms with van der Waals surface area (Å²) in [4.78, 5) is 12.1. The molecule has 0 radical (unpaired) electrons. The lowest BCUT2D eigenvalue weighted by Crippen LogP contribution is -2.52. The van der Waals surface area contributed by atoms with Crippen molar-refractivity contribution in [1.29, 1.82) is 0 Å². The van der Waals surface area contributed by atoms with Crippen molar-refractivity contribution in [2.24, 2.45) is 5.92 Å². The largest absolute Gasteiger partial charge is 0.493 e. The highest BCUT2D eigenvalue weighted by Crippen LogP contribution is 2.41. The van der Waals surface area contributed by atoms with Gasteiger partial charge in [-0.15, -0.1) is 0 Å². The van der Waals surface area contributed by atoms with E-state index in [1.165, 1.54) is 21.3 Å². The molecule has 3 N–H and O–H groups in total. The average molecular weight is 326 g/mol. The van der Waals surface area contributed by atoms with Gasteiger partial charge in [-0.3, -0.25) is 4.79 Å². The number of methoxy groups -OCH3 is 3. The molecule has 0 amide bonds. The van der Waals surface area contributed by atoms with Crippen molar-refractivity contribution in [2.45, 2.75) is 30.7 Å². The van der Waals surface area contributed by atoms with Crippen LogP contribution < -0.4 is 9.47 Å². The van der Waals surface area contributed by atoms with Gasteiger partial charge < -0.3 is 29.5 Å². The first-order chi connectivity index (χ1) is 10.9. The quantitative estimate of drug-likeness (QED) is 0.672. The number of aliphatic hydroxyl groups is 3. The van der Waals surface area contributed by atoms with E-state index in [2.05, 4.69) is 0 Å². The lowest BCUT2D eigenvalue weighted by molar-refractivity contribution is -0.166. The Morgan fingerprint density at radius 1 is 1.04 bits per heavy atom. The number of carbonyl (C=O) groups excluding carboxylic acids is 1. The van der Waals surface area contributed by atoms with Crippen LogP contribution in [0, 0.1) is 5.92 Å². The first-order valence-corrected chi connectivity index (χ1v) is 7.28. The average Bonchev–Trinajstić information content (AvgIpc) is 2.58. The van der Waals surface area contributed by atoms with E-state index in [-0.39, 0.29) is 6.42 Å². The van der Waals surface area contributed by atoms with Crippen LogP contribution in [0.3, 0.4) is 0 Å². The zero-order chi connectivity index (χ0) is 17.1. The maximum atomic E-state index is 12.1. The molecule has 1 fully saturated rings.